The van der Waals surface area contributed by atoms with E-state index in [9.17, 15) is 14.4 Å². The Morgan fingerprint density at radius 1 is 0.966 bits per heavy atom. The van der Waals surface area contributed by atoms with Crippen molar-refractivity contribution >= 4 is 35.2 Å². The van der Waals surface area contributed by atoms with E-state index in [-0.39, 0.29) is 23.4 Å². The van der Waals surface area contributed by atoms with E-state index in [0.717, 1.165) is 10.5 Å². The Morgan fingerprint density at radius 2 is 1.59 bits per heavy atom. The summed E-state index contributed by atoms with van der Waals surface area (Å²) in [6.07, 6.45) is 0. The Kier molecular flexibility index (Phi) is 5.22. The van der Waals surface area contributed by atoms with Crippen LogP contribution < -0.4 is 4.90 Å². The number of para-hydroxylation sites is 1. The Bertz CT molecular complexity index is 1080. The van der Waals surface area contributed by atoms with Gasteiger partial charge in [-0.3, -0.25) is 9.59 Å². The van der Waals surface area contributed by atoms with Crippen LogP contribution in [0.5, 0.6) is 0 Å². The van der Waals surface area contributed by atoms with Crippen LogP contribution >= 0.6 is 11.8 Å². The predicted octanol–water partition coefficient (Wildman–Crippen LogP) is 4.28. The molecule has 0 radical (unpaired) electrons. The monoisotopic (exact) mass is 406 g/mol. The number of fused-ring (bicyclic) bond motifs is 1. The molecule has 2 aromatic carbocycles. The number of aromatic nitrogens is 1. The van der Waals surface area contributed by atoms with E-state index in [1.165, 1.54) is 11.8 Å². The Balaban J connectivity index is 1.74. The van der Waals surface area contributed by atoms with Gasteiger partial charge in [-0.15, -0.1) is 11.8 Å². The average Bonchev–Trinajstić information content (AvgIpc) is 3.25. The highest BCUT2D eigenvalue weighted by molar-refractivity contribution is 7.98. The fourth-order valence-corrected chi connectivity index (χ4v) is 4.23. The summed E-state index contributed by atoms with van der Waals surface area (Å²) in [6, 6.07) is 18.4. The highest BCUT2D eigenvalue weighted by Gasteiger charge is 2.44. The SMILES string of the molecule is CCOC(=O)c1[nH]c(SCc2ccccc2)c2c1C(=O)N(c1ccccc1)C2=O. The standard InChI is InChI=1S/C22H18N2O4S/c1-2-28-22(27)18-16-17(19(23-18)29-13-14-9-5-3-6-10-14)21(26)24(20(16)25)15-11-7-4-8-12-15/h3-12,23H,2,13H2,1H3. The van der Waals surface area contributed by atoms with Gasteiger partial charge in [-0.25, -0.2) is 9.69 Å². The third kappa shape index (κ3) is 3.45. The molecule has 1 aromatic heterocycles. The fraction of sp³-hybridized carbons (Fsp3) is 0.136. The molecule has 7 heteroatoms. The predicted molar refractivity (Wildman–Crippen MR) is 110 cm³/mol. The Hall–Kier alpha value is -3.32. The van der Waals surface area contributed by atoms with Crippen molar-refractivity contribution in [2.24, 2.45) is 0 Å². The van der Waals surface area contributed by atoms with E-state index >= 15 is 0 Å². The van der Waals surface area contributed by atoms with Gasteiger partial charge in [0.15, 0.2) is 0 Å². The van der Waals surface area contributed by atoms with E-state index < -0.39 is 17.8 Å². The van der Waals surface area contributed by atoms with Gasteiger partial charge in [-0.05, 0) is 24.6 Å². The minimum absolute atomic E-state index is 0.0224. The Labute approximate surface area is 171 Å². The summed E-state index contributed by atoms with van der Waals surface area (Å²) in [7, 11) is 0. The van der Waals surface area contributed by atoms with Crippen molar-refractivity contribution in [3.63, 3.8) is 0 Å². The number of anilines is 1. The number of nitrogens with one attached hydrogen (secondary N) is 1. The molecule has 0 saturated carbocycles. The number of carbonyl (C=O) groups excluding carboxylic acids is 3. The van der Waals surface area contributed by atoms with Gasteiger partial charge >= 0.3 is 5.97 Å². The first-order chi connectivity index (χ1) is 14.1. The molecule has 4 rings (SSSR count). The summed E-state index contributed by atoms with van der Waals surface area (Å²) in [4.78, 5) is 42.8. The number of H-pyrrole nitrogens is 1. The Morgan fingerprint density at radius 3 is 2.24 bits per heavy atom. The number of ether oxygens (including phenoxy) is 1. The quantitative estimate of drug-likeness (QED) is 0.375. The number of rotatable bonds is 6. The molecule has 2 heterocycles. The van der Waals surface area contributed by atoms with Crippen molar-refractivity contribution in [2.45, 2.75) is 17.7 Å². The van der Waals surface area contributed by atoms with Crippen molar-refractivity contribution in [3.05, 3.63) is 83.0 Å². The van der Waals surface area contributed by atoms with Gasteiger partial charge in [0.25, 0.3) is 11.8 Å². The van der Waals surface area contributed by atoms with E-state index in [0.29, 0.717) is 16.5 Å². The van der Waals surface area contributed by atoms with Crippen LogP contribution in [0.2, 0.25) is 0 Å². The minimum Gasteiger partial charge on any atom is -0.461 e. The molecule has 0 aliphatic carbocycles. The molecule has 0 spiro atoms. The first-order valence-corrected chi connectivity index (χ1v) is 10.1. The van der Waals surface area contributed by atoms with Crippen LogP contribution in [0.3, 0.4) is 0 Å². The average molecular weight is 406 g/mol. The molecule has 146 valence electrons. The van der Waals surface area contributed by atoms with E-state index in [1.807, 2.05) is 30.3 Å². The molecule has 1 N–H and O–H groups in total. The lowest BCUT2D eigenvalue weighted by Crippen LogP contribution is -2.30. The smallest absolute Gasteiger partial charge is 0.355 e. The molecular weight excluding hydrogens is 388 g/mol. The van der Waals surface area contributed by atoms with E-state index in [4.69, 9.17) is 4.74 Å². The highest BCUT2D eigenvalue weighted by Crippen LogP contribution is 2.38. The number of imide groups is 1. The van der Waals surface area contributed by atoms with Crippen molar-refractivity contribution in [3.8, 4) is 0 Å². The molecule has 0 saturated heterocycles. The lowest BCUT2D eigenvalue weighted by molar-refractivity contribution is 0.0516. The summed E-state index contributed by atoms with van der Waals surface area (Å²) >= 11 is 1.38. The molecule has 0 fully saturated rings. The van der Waals surface area contributed by atoms with Crippen molar-refractivity contribution in [1.82, 2.24) is 4.98 Å². The van der Waals surface area contributed by atoms with Crippen LogP contribution in [0.4, 0.5) is 5.69 Å². The maximum Gasteiger partial charge on any atom is 0.355 e. The first kappa shape index (κ1) is 19.0. The highest BCUT2D eigenvalue weighted by atomic mass is 32.2. The van der Waals surface area contributed by atoms with Crippen LogP contribution in [0.1, 0.15) is 43.7 Å². The maximum absolute atomic E-state index is 13.2. The molecule has 6 nitrogen and oxygen atoms in total. The van der Waals surface area contributed by atoms with Crippen molar-refractivity contribution < 1.29 is 19.1 Å². The van der Waals surface area contributed by atoms with Gasteiger partial charge in [-0.1, -0.05) is 48.5 Å². The summed E-state index contributed by atoms with van der Waals surface area (Å²) in [5.74, 6) is -1.03. The zero-order valence-corrected chi connectivity index (χ0v) is 16.5. The van der Waals surface area contributed by atoms with E-state index in [1.54, 1.807) is 37.3 Å². The zero-order valence-electron chi connectivity index (χ0n) is 15.7. The zero-order chi connectivity index (χ0) is 20.4. The molecule has 29 heavy (non-hydrogen) atoms. The topological polar surface area (TPSA) is 79.5 Å². The number of hydrogen-bond acceptors (Lipinski definition) is 5. The number of hydrogen-bond donors (Lipinski definition) is 1. The molecule has 3 aromatic rings. The van der Waals surface area contributed by atoms with E-state index in [2.05, 4.69) is 4.98 Å². The molecule has 1 aliphatic rings. The number of amides is 2. The fourth-order valence-electron chi connectivity index (χ4n) is 3.22. The normalized spacial score (nSPS) is 12.9. The summed E-state index contributed by atoms with van der Waals surface area (Å²) in [5, 5.41) is 0.490. The maximum atomic E-state index is 13.2. The van der Waals surface area contributed by atoms with Gasteiger partial charge in [0.2, 0.25) is 0 Å². The lowest BCUT2D eigenvalue weighted by Gasteiger charge is -2.14. The summed E-state index contributed by atoms with van der Waals surface area (Å²) in [6.45, 7) is 1.86. The van der Waals surface area contributed by atoms with Crippen molar-refractivity contribution in [1.29, 1.82) is 0 Å². The van der Waals surface area contributed by atoms with Gasteiger partial charge in [0.05, 0.1) is 28.4 Å². The van der Waals surface area contributed by atoms with Crippen LogP contribution in [-0.4, -0.2) is 29.4 Å². The second kappa shape index (κ2) is 7.97. The van der Waals surface area contributed by atoms with Gasteiger partial charge < -0.3 is 9.72 Å². The molecule has 1 aliphatic heterocycles. The third-order valence-corrected chi connectivity index (χ3v) is 5.59. The molecule has 0 atom stereocenters. The summed E-state index contributed by atoms with van der Waals surface area (Å²) < 4.78 is 5.09. The van der Waals surface area contributed by atoms with Gasteiger partial charge in [0, 0.05) is 5.75 Å². The number of nitrogens with zero attached hydrogens (tertiary/aromatic N) is 1. The number of benzene rings is 2. The number of carbonyl (C=O) groups is 3. The molecule has 0 unspecified atom stereocenters. The summed E-state index contributed by atoms with van der Waals surface area (Å²) in [5.41, 5.74) is 1.85. The first-order valence-electron chi connectivity index (χ1n) is 9.15. The molecule has 0 bridgehead atoms. The molecular formula is C22H18N2O4S. The second-order valence-corrected chi connectivity index (χ2v) is 7.34. The van der Waals surface area contributed by atoms with Gasteiger partial charge in [-0.2, -0.15) is 0 Å². The van der Waals surface area contributed by atoms with Crippen LogP contribution in [-0.2, 0) is 10.5 Å². The van der Waals surface area contributed by atoms with Gasteiger partial charge in [0.1, 0.15) is 5.69 Å². The van der Waals surface area contributed by atoms with Crippen molar-refractivity contribution in [2.75, 3.05) is 11.5 Å². The van der Waals surface area contributed by atoms with Crippen LogP contribution in [0, 0.1) is 0 Å². The number of aromatic amines is 1. The van der Waals surface area contributed by atoms with Crippen LogP contribution in [0.25, 0.3) is 0 Å². The minimum atomic E-state index is -0.647. The third-order valence-electron chi connectivity index (χ3n) is 4.52. The lowest BCUT2D eigenvalue weighted by atomic mass is 10.2. The number of thioether (sulfide) groups is 1. The van der Waals surface area contributed by atoms with Crippen LogP contribution in [0.15, 0.2) is 65.7 Å². The second-order valence-electron chi connectivity index (χ2n) is 6.36. The molecule has 2 amide bonds. The largest absolute Gasteiger partial charge is 0.461 e. The number of esters is 1.